The van der Waals surface area contributed by atoms with Crippen molar-refractivity contribution in [2.24, 2.45) is 0 Å². The molecule has 2 atom stereocenters. The molecule has 112 valence electrons. The lowest BCUT2D eigenvalue weighted by Crippen LogP contribution is -2.67. The average Bonchev–Trinajstić information content (AvgIpc) is 2.84. The van der Waals surface area contributed by atoms with Crippen LogP contribution in [-0.2, 0) is 9.59 Å². The van der Waals surface area contributed by atoms with Crippen molar-refractivity contribution in [1.82, 2.24) is 10.2 Å². The number of amides is 2. The van der Waals surface area contributed by atoms with Crippen molar-refractivity contribution >= 4 is 11.8 Å². The van der Waals surface area contributed by atoms with Crippen LogP contribution in [0.15, 0.2) is 24.3 Å². The number of benzene rings is 1. The monoisotopic (exact) mass is 288 g/mol. The van der Waals surface area contributed by atoms with E-state index in [4.69, 9.17) is 4.74 Å². The van der Waals surface area contributed by atoms with Crippen molar-refractivity contribution in [3.05, 3.63) is 29.8 Å². The number of carbonyl (C=O) groups excluding carboxylic acids is 2. The molecule has 1 N–H and O–H groups in total. The number of nitrogens with zero attached hydrogens (tertiary/aromatic N) is 1. The van der Waals surface area contributed by atoms with Crippen LogP contribution in [0.5, 0.6) is 5.75 Å². The van der Waals surface area contributed by atoms with Crippen molar-refractivity contribution in [1.29, 1.82) is 0 Å². The molecule has 2 heterocycles. The van der Waals surface area contributed by atoms with E-state index in [1.165, 1.54) is 0 Å². The molecule has 3 rings (SSSR count). The van der Waals surface area contributed by atoms with Crippen LogP contribution in [0.4, 0.5) is 0 Å². The summed E-state index contributed by atoms with van der Waals surface area (Å²) in [5, 5.41) is 2.77. The molecule has 2 aliphatic heterocycles. The van der Waals surface area contributed by atoms with E-state index >= 15 is 0 Å². The molecule has 0 radical (unpaired) electrons. The Morgan fingerprint density at radius 2 is 2.05 bits per heavy atom. The molecule has 5 heteroatoms. The van der Waals surface area contributed by atoms with Gasteiger partial charge in [-0.3, -0.25) is 9.59 Å². The van der Waals surface area contributed by atoms with Crippen LogP contribution in [0.25, 0.3) is 0 Å². The lowest BCUT2D eigenvalue weighted by atomic mass is 9.94. The minimum Gasteiger partial charge on any atom is -0.493 e. The molecule has 2 amide bonds. The topological polar surface area (TPSA) is 58.6 Å². The minimum absolute atomic E-state index is 0.0426. The van der Waals surface area contributed by atoms with Crippen LogP contribution in [0.3, 0.4) is 0 Å². The predicted molar refractivity (Wildman–Crippen MR) is 78.1 cm³/mol. The van der Waals surface area contributed by atoms with E-state index in [1.807, 2.05) is 24.3 Å². The van der Waals surface area contributed by atoms with Gasteiger partial charge < -0.3 is 15.0 Å². The summed E-state index contributed by atoms with van der Waals surface area (Å²) in [5.74, 6) is 0.850. The molecule has 1 fully saturated rings. The third-order valence-electron chi connectivity index (χ3n) is 4.29. The van der Waals surface area contributed by atoms with Crippen molar-refractivity contribution in [2.45, 2.75) is 38.3 Å². The van der Waals surface area contributed by atoms with Crippen LogP contribution in [-0.4, -0.2) is 41.4 Å². The first kappa shape index (κ1) is 13.9. The normalized spacial score (nSPS) is 27.1. The first-order valence-corrected chi connectivity index (χ1v) is 7.25. The zero-order valence-corrected chi connectivity index (χ0v) is 12.6. The molecule has 1 aromatic carbocycles. The third kappa shape index (κ3) is 2.26. The predicted octanol–water partition coefficient (Wildman–Crippen LogP) is 1.29. The van der Waals surface area contributed by atoms with Gasteiger partial charge in [0.25, 0.3) is 0 Å². The van der Waals surface area contributed by atoms with E-state index in [9.17, 15) is 9.59 Å². The molecule has 1 aromatic rings. The molecule has 0 aromatic heterocycles. The fourth-order valence-corrected chi connectivity index (χ4v) is 3.00. The second-order valence-electron chi connectivity index (χ2n) is 6.29. The van der Waals surface area contributed by atoms with Crippen LogP contribution < -0.4 is 10.1 Å². The quantitative estimate of drug-likeness (QED) is 0.892. The van der Waals surface area contributed by atoms with Gasteiger partial charge in [-0.05, 0) is 26.8 Å². The number of ether oxygens (including phenoxy) is 1. The summed E-state index contributed by atoms with van der Waals surface area (Å²) < 4.78 is 5.66. The first-order valence-electron chi connectivity index (χ1n) is 7.25. The molecule has 5 nitrogen and oxygen atoms in total. The van der Waals surface area contributed by atoms with Crippen molar-refractivity contribution in [2.75, 3.05) is 13.2 Å². The van der Waals surface area contributed by atoms with Gasteiger partial charge in [0, 0.05) is 18.0 Å². The second kappa shape index (κ2) is 4.76. The molecule has 2 aliphatic rings. The van der Waals surface area contributed by atoms with E-state index in [-0.39, 0.29) is 17.7 Å². The number of nitrogens with one attached hydrogen (secondary N) is 1. The molecule has 2 unspecified atom stereocenters. The third-order valence-corrected chi connectivity index (χ3v) is 4.29. The van der Waals surface area contributed by atoms with Gasteiger partial charge in [-0.25, -0.2) is 0 Å². The molecule has 0 saturated carbocycles. The number of carbonyl (C=O) groups is 2. The molecule has 0 bridgehead atoms. The van der Waals surface area contributed by atoms with Crippen LogP contribution in [0.2, 0.25) is 0 Å². The lowest BCUT2D eigenvalue weighted by Gasteiger charge is -2.42. The maximum Gasteiger partial charge on any atom is 0.248 e. The number of rotatable bonds is 2. The fraction of sp³-hybridized carbons (Fsp3) is 0.500. The number of hydrogen-bond acceptors (Lipinski definition) is 3. The Hall–Kier alpha value is -2.04. The Bertz CT molecular complexity index is 597. The van der Waals surface area contributed by atoms with Gasteiger partial charge in [0.15, 0.2) is 0 Å². The van der Waals surface area contributed by atoms with Gasteiger partial charge in [-0.2, -0.15) is 0 Å². The summed E-state index contributed by atoms with van der Waals surface area (Å²) in [6, 6.07) is 7.42. The van der Waals surface area contributed by atoms with E-state index in [2.05, 4.69) is 5.32 Å². The highest BCUT2D eigenvalue weighted by molar-refractivity contribution is 5.99. The van der Waals surface area contributed by atoms with Crippen LogP contribution in [0, 0.1) is 0 Å². The van der Waals surface area contributed by atoms with Gasteiger partial charge in [-0.15, -0.1) is 0 Å². The smallest absolute Gasteiger partial charge is 0.248 e. The average molecular weight is 288 g/mol. The highest BCUT2D eigenvalue weighted by Gasteiger charge is 2.44. The van der Waals surface area contributed by atoms with Crippen molar-refractivity contribution in [3.8, 4) is 5.75 Å². The molecule has 21 heavy (non-hydrogen) atoms. The maximum atomic E-state index is 12.6. The van der Waals surface area contributed by atoms with Gasteiger partial charge in [0.05, 0.1) is 6.61 Å². The Morgan fingerprint density at radius 1 is 1.33 bits per heavy atom. The zero-order chi connectivity index (χ0) is 15.2. The summed E-state index contributed by atoms with van der Waals surface area (Å²) in [4.78, 5) is 26.3. The van der Waals surface area contributed by atoms with E-state index in [1.54, 1.807) is 25.7 Å². The first-order chi connectivity index (χ1) is 9.90. The fourth-order valence-electron chi connectivity index (χ4n) is 3.00. The molecule has 0 spiro atoms. The number of piperazine rings is 1. The number of fused-ring (bicyclic) bond motifs is 1. The second-order valence-corrected chi connectivity index (χ2v) is 6.29. The van der Waals surface area contributed by atoms with Crippen LogP contribution in [0.1, 0.15) is 32.3 Å². The summed E-state index contributed by atoms with van der Waals surface area (Å²) in [6.45, 7) is 6.31. The van der Waals surface area contributed by atoms with Gasteiger partial charge in [-0.1, -0.05) is 18.2 Å². The lowest BCUT2D eigenvalue weighted by molar-refractivity contribution is -0.153. The van der Waals surface area contributed by atoms with Crippen molar-refractivity contribution < 1.29 is 14.3 Å². The Morgan fingerprint density at radius 3 is 2.81 bits per heavy atom. The summed E-state index contributed by atoms with van der Waals surface area (Å²) >= 11 is 0. The largest absolute Gasteiger partial charge is 0.493 e. The number of hydrogen-bond donors (Lipinski definition) is 1. The number of para-hydroxylation sites is 1. The Labute approximate surface area is 124 Å². The van der Waals surface area contributed by atoms with Crippen LogP contribution >= 0.6 is 0 Å². The summed E-state index contributed by atoms with van der Waals surface area (Å²) in [5.41, 5.74) is 0.268. The molecule has 0 aliphatic carbocycles. The highest BCUT2D eigenvalue weighted by atomic mass is 16.5. The van der Waals surface area contributed by atoms with E-state index in [0.717, 1.165) is 11.3 Å². The Kier molecular flexibility index (Phi) is 3.15. The van der Waals surface area contributed by atoms with Gasteiger partial charge in [0.2, 0.25) is 11.8 Å². The summed E-state index contributed by atoms with van der Waals surface area (Å²) in [7, 11) is 0. The standard InChI is InChI=1S/C16H20N2O3/c1-10-14(19)17-16(2,3)15(20)18(10)8-11-9-21-13-7-5-4-6-12(11)13/h4-7,10-11H,8-9H2,1-3H3,(H,17,19). The Balaban J connectivity index is 1.84. The van der Waals surface area contributed by atoms with Gasteiger partial charge >= 0.3 is 0 Å². The highest BCUT2D eigenvalue weighted by Crippen LogP contribution is 2.35. The van der Waals surface area contributed by atoms with Gasteiger partial charge in [0.1, 0.15) is 17.3 Å². The van der Waals surface area contributed by atoms with Crippen molar-refractivity contribution in [3.63, 3.8) is 0 Å². The molecular weight excluding hydrogens is 268 g/mol. The molecular formula is C16H20N2O3. The van der Waals surface area contributed by atoms with E-state index < -0.39 is 11.6 Å². The SMILES string of the molecule is CC1C(=O)NC(C)(C)C(=O)N1CC1COc2ccccc21. The zero-order valence-electron chi connectivity index (χ0n) is 12.6. The molecule has 1 saturated heterocycles. The van der Waals surface area contributed by atoms with E-state index in [0.29, 0.717) is 13.2 Å². The minimum atomic E-state index is -0.845. The summed E-state index contributed by atoms with van der Waals surface area (Å²) in [6.07, 6.45) is 0. The maximum absolute atomic E-state index is 12.6.